The number of imidazole rings is 1. The van der Waals surface area contributed by atoms with E-state index in [1.807, 2.05) is 50.2 Å². The Hall–Kier alpha value is -4.46. The van der Waals surface area contributed by atoms with Crippen LogP contribution in [0.3, 0.4) is 0 Å². The quantitative estimate of drug-likeness (QED) is 0.209. The lowest BCUT2D eigenvalue weighted by atomic mass is 9.99. The number of nitrogen functional groups attached to an aromatic ring is 1. The molecule has 194 valence electrons. The summed E-state index contributed by atoms with van der Waals surface area (Å²) in [6.07, 6.45) is 4.00. The molecule has 0 fully saturated rings. The Morgan fingerprint density at radius 3 is 2.68 bits per heavy atom. The number of aromatic amines is 1. The summed E-state index contributed by atoms with van der Waals surface area (Å²) >= 11 is 0. The summed E-state index contributed by atoms with van der Waals surface area (Å²) in [5.41, 5.74) is 9.93. The lowest BCUT2D eigenvalue weighted by Crippen LogP contribution is -2.17. The highest BCUT2D eigenvalue weighted by Gasteiger charge is 2.25. The van der Waals surface area contributed by atoms with Crippen molar-refractivity contribution in [3.63, 3.8) is 0 Å². The van der Waals surface area contributed by atoms with Crippen molar-refractivity contribution in [1.82, 2.24) is 15.0 Å². The fraction of sp³-hybridized carbons (Fsp3) is 0.200. The summed E-state index contributed by atoms with van der Waals surface area (Å²) < 4.78 is 35.8. The number of aryl methyl sites for hydroxylation is 1. The minimum Gasteiger partial charge on any atom is -0.491 e. The molecule has 1 unspecified atom stereocenters. The molecule has 0 aliphatic carbocycles. The summed E-state index contributed by atoms with van der Waals surface area (Å²) in [5.74, 6) is 0.345. The van der Waals surface area contributed by atoms with Gasteiger partial charge in [0.2, 0.25) is 0 Å². The van der Waals surface area contributed by atoms with Crippen LogP contribution in [0.15, 0.2) is 67.0 Å². The largest absolute Gasteiger partial charge is 0.491 e. The average molecular weight is 514 g/mol. The highest BCUT2D eigenvalue weighted by molar-refractivity contribution is 5.93. The van der Waals surface area contributed by atoms with Crippen LogP contribution < -0.4 is 15.8 Å². The lowest BCUT2D eigenvalue weighted by molar-refractivity contribution is 0.319. The molecule has 4 N–H and O–H groups in total. The molecule has 0 aliphatic rings. The van der Waals surface area contributed by atoms with E-state index in [4.69, 9.17) is 10.5 Å². The fourth-order valence-electron chi connectivity index (χ4n) is 4.62. The van der Waals surface area contributed by atoms with Gasteiger partial charge in [0, 0.05) is 28.4 Å². The first-order chi connectivity index (χ1) is 18.4. The van der Waals surface area contributed by atoms with Gasteiger partial charge in [0.25, 0.3) is 0 Å². The van der Waals surface area contributed by atoms with Gasteiger partial charge in [0.15, 0.2) is 11.6 Å². The monoisotopic (exact) mass is 513 g/mol. The van der Waals surface area contributed by atoms with Gasteiger partial charge in [-0.1, -0.05) is 25.1 Å². The molecule has 8 heteroatoms. The first-order valence-corrected chi connectivity index (χ1v) is 12.6. The number of pyridine rings is 1. The number of H-pyrrole nitrogens is 1. The molecule has 1 atom stereocenters. The minimum absolute atomic E-state index is 0.193. The third-order valence-electron chi connectivity index (χ3n) is 6.68. The van der Waals surface area contributed by atoms with Crippen LogP contribution in [-0.4, -0.2) is 21.6 Å². The molecule has 0 saturated heterocycles. The number of aromatic nitrogens is 3. The van der Waals surface area contributed by atoms with Crippen LogP contribution in [0.1, 0.15) is 42.4 Å². The highest BCUT2D eigenvalue weighted by Crippen LogP contribution is 2.35. The second kappa shape index (κ2) is 10.5. The van der Waals surface area contributed by atoms with E-state index in [1.165, 1.54) is 6.07 Å². The van der Waals surface area contributed by atoms with Crippen molar-refractivity contribution in [2.75, 3.05) is 17.7 Å². The number of hydrogen-bond donors (Lipinski definition) is 3. The van der Waals surface area contributed by atoms with E-state index in [0.717, 1.165) is 22.0 Å². The third-order valence-corrected chi connectivity index (χ3v) is 6.68. The zero-order chi connectivity index (χ0) is 26.8. The Morgan fingerprint density at radius 1 is 1.05 bits per heavy atom. The number of nitrogens with zero attached hydrogens (tertiary/aromatic N) is 2. The first-order valence-electron chi connectivity index (χ1n) is 12.6. The van der Waals surface area contributed by atoms with Gasteiger partial charge >= 0.3 is 0 Å². The minimum atomic E-state index is -0.694. The van der Waals surface area contributed by atoms with E-state index >= 15 is 4.39 Å². The van der Waals surface area contributed by atoms with Crippen molar-refractivity contribution >= 4 is 22.3 Å². The summed E-state index contributed by atoms with van der Waals surface area (Å²) in [4.78, 5) is 12.1. The highest BCUT2D eigenvalue weighted by atomic mass is 19.1. The second-order valence-electron chi connectivity index (χ2n) is 9.09. The van der Waals surface area contributed by atoms with Crippen LogP contribution in [-0.2, 0) is 6.42 Å². The summed E-state index contributed by atoms with van der Waals surface area (Å²) in [5, 5.41) is 5.18. The SMILES string of the molecule is CCOc1cc(CC)cc(C(Nc2ccc3c(N)nccc3c2)c2ncc(-c3cccc(F)c3C)[nH]2)c1F. The molecule has 0 bridgehead atoms. The molecule has 0 amide bonds. The van der Waals surface area contributed by atoms with Crippen molar-refractivity contribution in [2.45, 2.75) is 33.2 Å². The number of ether oxygens (including phenoxy) is 1. The normalized spacial score (nSPS) is 12.0. The van der Waals surface area contributed by atoms with Crippen LogP contribution in [0.2, 0.25) is 0 Å². The van der Waals surface area contributed by atoms with E-state index in [2.05, 4.69) is 20.3 Å². The maximum Gasteiger partial charge on any atom is 0.170 e. The van der Waals surface area contributed by atoms with Gasteiger partial charge in [-0.15, -0.1) is 0 Å². The zero-order valence-corrected chi connectivity index (χ0v) is 21.5. The average Bonchev–Trinajstić information content (AvgIpc) is 3.40. The molecule has 6 nitrogen and oxygen atoms in total. The second-order valence-corrected chi connectivity index (χ2v) is 9.09. The van der Waals surface area contributed by atoms with Gasteiger partial charge in [-0.2, -0.15) is 0 Å². The van der Waals surface area contributed by atoms with Crippen LogP contribution in [0.4, 0.5) is 20.3 Å². The molecule has 5 aromatic rings. The van der Waals surface area contributed by atoms with Crippen molar-refractivity contribution < 1.29 is 13.5 Å². The van der Waals surface area contributed by atoms with Crippen molar-refractivity contribution in [3.05, 3.63) is 101 Å². The maximum absolute atomic E-state index is 15.9. The Bertz CT molecular complexity index is 1610. The molecule has 0 radical (unpaired) electrons. The van der Waals surface area contributed by atoms with Gasteiger partial charge < -0.3 is 20.8 Å². The van der Waals surface area contributed by atoms with Crippen LogP contribution >= 0.6 is 0 Å². The van der Waals surface area contributed by atoms with Crippen molar-refractivity contribution in [2.24, 2.45) is 0 Å². The van der Waals surface area contributed by atoms with E-state index in [0.29, 0.717) is 47.1 Å². The number of hydrogen-bond acceptors (Lipinski definition) is 5. The fourth-order valence-corrected chi connectivity index (χ4v) is 4.62. The number of nitrogens with two attached hydrogens (primary N) is 1. The third kappa shape index (κ3) is 4.77. The van der Waals surface area contributed by atoms with E-state index in [9.17, 15) is 4.39 Å². The van der Waals surface area contributed by atoms with Crippen molar-refractivity contribution in [3.8, 4) is 17.0 Å². The van der Waals surface area contributed by atoms with Crippen molar-refractivity contribution in [1.29, 1.82) is 0 Å². The van der Waals surface area contributed by atoms with E-state index in [-0.39, 0.29) is 11.6 Å². The molecule has 2 heterocycles. The van der Waals surface area contributed by atoms with Gasteiger partial charge in [-0.3, -0.25) is 0 Å². The predicted molar refractivity (Wildman–Crippen MR) is 147 cm³/mol. The number of benzene rings is 3. The summed E-state index contributed by atoms with van der Waals surface area (Å²) in [6.45, 7) is 5.89. The molecule has 5 rings (SSSR count). The Labute approximate surface area is 219 Å². The van der Waals surface area contributed by atoms with Gasteiger partial charge in [0.1, 0.15) is 23.5 Å². The van der Waals surface area contributed by atoms with E-state index in [1.54, 1.807) is 31.5 Å². The molecular formula is C30H29F2N5O. The summed E-state index contributed by atoms with van der Waals surface area (Å²) in [6, 6.07) is 15.3. The number of anilines is 2. The predicted octanol–water partition coefficient (Wildman–Crippen LogP) is 6.96. The lowest BCUT2D eigenvalue weighted by Gasteiger charge is -2.22. The van der Waals surface area contributed by atoms with Crippen LogP contribution in [0.25, 0.3) is 22.0 Å². The molecule has 3 aromatic carbocycles. The molecular weight excluding hydrogens is 484 g/mol. The van der Waals surface area contributed by atoms with Crippen LogP contribution in [0, 0.1) is 18.6 Å². The Morgan fingerprint density at radius 2 is 1.89 bits per heavy atom. The zero-order valence-electron chi connectivity index (χ0n) is 21.5. The standard InChI is InChI=1S/C30H29F2N5O/c1-4-18-13-23(27(32)26(14-18)38-5-2)28(36-20-9-10-22-19(15-20)11-12-34-29(22)33)30-35-16-25(37-30)21-7-6-8-24(31)17(21)3/h6-16,28,36H,4-5H2,1-3H3,(H2,33,34)(H,35,37). The maximum atomic E-state index is 15.9. The van der Waals surface area contributed by atoms with Gasteiger partial charge in [-0.25, -0.2) is 18.7 Å². The van der Waals surface area contributed by atoms with E-state index < -0.39 is 11.9 Å². The number of nitrogens with one attached hydrogen (secondary N) is 2. The topological polar surface area (TPSA) is 88.8 Å². The number of halogens is 2. The van der Waals surface area contributed by atoms with Gasteiger partial charge in [-0.05, 0) is 73.2 Å². The Balaban J connectivity index is 1.64. The molecule has 0 spiro atoms. The first kappa shape index (κ1) is 25.2. The smallest absolute Gasteiger partial charge is 0.170 e. The summed E-state index contributed by atoms with van der Waals surface area (Å²) in [7, 11) is 0. The number of rotatable bonds is 8. The molecule has 2 aromatic heterocycles. The molecule has 0 aliphatic heterocycles. The van der Waals surface area contributed by atoms with Gasteiger partial charge in [0.05, 0.1) is 18.5 Å². The molecule has 0 saturated carbocycles. The Kier molecular flexibility index (Phi) is 6.96. The molecule has 38 heavy (non-hydrogen) atoms. The van der Waals surface area contributed by atoms with Crippen LogP contribution in [0.5, 0.6) is 5.75 Å². The number of fused-ring (bicyclic) bond motifs is 1.